The number of nitrogens with one attached hydrogen (secondary N) is 1. The lowest BCUT2D eigenvalue weighted by molar-refractivity contribution is -0.136. The summed E-state index contributed by atoms with van der Waals surface area (Å²) in [6, 6.07) is 3.03. The molecule has 0 radical (unpaired) electrons. The van der Waals surface area contributed by atoms with Gasteiger partial charge < -0.3 is 11.1 Å². The average Bonchev–Trinajstić information content (AvgIpc) is 2.27. The molecule has 19 heavy (non-hydrogen) atoms. The molecule has 0 aliphatic heterocycles. The van der Waals surface area contributed by atoms with Gasteiger partial charge >= 0.3 is 6.18 Å². The van der Waals surface area contributed by atoms with Crippen molar-refractivity contribution in [3.8, 4) is 0 Å². The minimum atomic E-state index is -4.57. The van der Waals surface area contributed by atoms with Crippen molar-refractivity contribution in [1.29, 1.82) is 0 Å². The lowest BCUT2D eigenvalue weighted by Crippen LogP contribution is -2.36. The Morgan fingerprint density at radius 1 is 1.26 bits per heavy atom. The number of benzene rings is 1. The molecule has 0 bridgehead atoms. The maximum Gasteiger partial charge on any atom is 0.418 e. The van der Waals surface area contributed by atoms with Crippen molar-refractivity contribution in [1.82, 2.24) is 5.32 Å². The van der Waals surface area contributed by atoms with E-state index in [1.165, 1.54) is 6.07 Å². The molecule has 1 aromatic rings. The Morgan fingerprint density at radius 3 is 2.32 bits per heavy atom. The minimum Gasteiger partial charge on any atom is -0.398 e. The molecule has 0 spiro atoms. The second-order valence-electron chi connectivity index (χ2n) is 4.81. The number of alkyl halides is 3. The third-order valence-electron chi connectivity index (χ3n) is 2.98. The number of amides is 1. The molecule has 1 atom stereocenters. The summed E-state index contributed by atoms with van der Waals surface area (Å²) in [6.45, 7) is 5.62. The van der Waals surface area contributed by atoms with Crippen LogP contribution in [-0.2, 0) is 6.18 Å². The van der Waals surface area contributed by atoms with Crippen LogP contribution in [0.15, 0.2) is 18.2 Å². The quantitative estimate of drug-likeness (QED) is 0.832. The zero-order chi connectivity index (χ0) is 14.8. The van der Waals surface area contributed by atoms with Gasteiger partial charge in [0, 0.05) is 17.3 Å². The first-order valence-electron chi connectivity index (χ1n) is 5.90. The van der Waals surface area contributed by atoms with Crippen LogP contribution in [0, 0.1) is 5.92 Å². The average molecular weight is 274 g/mol. The smallest absolute Gasteiger partial charge is 0.398 e. The highest BCUT2D eigenvalue weighted by molar-refractivity contribution is 5.95. The maximum absolute atomic E-state index is 12.7. The number of nitrogen functional groups attached to an aromatic ring is 1. The number of halogens is 3. The monoisotopic (exact) mass is 274 g/mol. The molecule has 1 aromatic carbocycles. The molecule has 0 aromatic heterocycles. The Balaban J connectivity index is 3.00. The number of hydrogen-bond acceptors (Lipinski definition) is 2. The Hall–Kier alpha value is -1.72. The van der Waals surface area contributed by atoms with Gasteiger partial charge in [-0.15, -0.1) is 0 Å². The van der Waals surface area contributed by atoms with Gasteiger partial charge in [-0.05, 0) is 31.0 Å². The summed E-state index contributed by atoms with van der Waals surface area (Å²) in [5.41, 5.74) is 3.85. The van der Waals surface area contributed by atoms with E-state index in [4.69, 9.17) is 5.73 Å². The summed E-state index contributed by atoms with van der Waals surface area (Å²) >= 11 is 0. The third kappa shape index (κ3) is 3.87. The summed E-state index contributed by atoms with van der Waals surface area (Å²) in [4.78, 5) is 11.8. The Morgan fingerprint density at radius 2 is 1.84 bits per heavy atom. The van der Waals surface area contributed by atoms with Crippen LogP contribution in [0.25, 0.3) is 0 Å². The summed E-state index contributed by atoms with van der Waals surface area (Å²) < 4.78 is 38.0. The van der Waals surface area contributed by atoms with E-state index in [0.29, 0.717) is 0 Å². The van der Waals surface area contributed by atoms with E-state index in [1.807, 2.05) is 13.8 Å². The Kier molecular flexibility index (Phi) is 4.44. The molecule has 0 fully saturated rings. The normalized spacial score (nSPS) is 13.4. The fourth-order valence-electron chi connectivity index (χ4n) is 1.40. The van der Waals surface area contributed by atoms with Crippen LogP contribution in [0.1, 0.15) is 36.7 Å². The first-order chi connectivity index (χ1) is 8.62. The van der Waals surface area contributed by atoms with Crippen LogP contribution in [0.5, 0.6) is 0 Å². The van der Waals surface area contributed by atoms with Crippen LogP contribution >= 0.6 is 0 Å². The molecule has 1 amide bonds. The molecule has 106 valence electrons. The van der Waals surface area contributed by atoms with Crippen molar-refractivity contribution in [2.45, 2.75) is 33.0 Å². The summed E-state index contributed by atoms with van der Waals surface area (Å²) in [5.74, 6) is -0.341. The first kappa shape index (κ1) is 15.3. The molecule has 0 heterocycles. The Bertz CT molecular complexity index is 469. The van der Waals surface area contributed by atoms with Gasteiger partial charge in [-0.2, -0.15) is 13.2 Å². The van der Waals surface area contributed by atoms with Crippen molar-refractivity contribution in [2.75, 3.05) is 5.73 Å². The SMILES string of the molecule is CC(C)C(C)NC(=O)c1ccc(N)c(C(F)(F)F)c1. The van der Waals surface area contributed by atoms with Gasteiger partial charge in [-0.1, -0.05) is 13.8 Å². The van der Waals surface area contributed by atoms with E-state index in [0.717, 1.165) is 12.1 Å². The second kappa shape index (κ2) is 5.50. The van der Waals surface area contributed by atoms with Crippen molar-refractivity contribution in [3.63, 3.8) is 0 Å². The molecule has 1 unspecified atom stereocenters. The van der Waals surface area contributed by atoms with E-state index in [2.05, 4.69) is 5.32 Å². The van der Waals surface area contributed by atoms with Crippen molar-refractivity contribution in [3.05, 3.63) is 29.3 Å². The number of carbonyl (C=O) groups is 1. The molecule has 3 nitrogen and oxygen atoms in total. The molecule has 0 saturated carbocycles. The fraction of sp³-hybridized carbons (Fsp3) is 0.462. The molecular weight excluding hydrogens is 257 g/mol. The standard InChI is InChI=1S/C13H17F3N2O/c1-7(2)8(3)18-12(19)9-4-5-11(17)10(6-9)13(14,15)16/h4-8H,17H2,1-3H3,(H,18,19). The lowest BCUT2D eigenvalue weighted by Gasteiger charge is -2.18. The van der Waals surface area contributed by atoms with Crippen LogP contribution in [0.4, 0.5) is 18.9 Å². The number of hydrogen-bond donors (Lipinski definition) is 2. The molecule has 6 heteroatoms. The second-order valence-corrected chi connectivity index (χ2v) is 4.81. The van der Waals surface area contributed by atoms with Gasteiger partial charge in [0.1, 0.15) is 0 Å². The zero-order valence-corrected chi connectivity index (χ0v) is 11.0. The summed E-state index contributed by atoms with van der Waals surface area (Å²) in [5, 5.41) is 2.65. The van der Waals surface area contributed by atoms with Gasteiger partial charge in [0.2, 0.25) is 0 Å². The van der Waals surface area contributed by atoms with E-state index in [1.54, 1.807) is 6.92 Å². The molecule has 0 aliphatic rings. The van der Waals surface area contributed by atoms with Crippen molar-refractivity contribution in [2.24, 2.45) is 5.92 Å². The van der Waals surface area contributed by atoms with E-state index in [-0.39, 0.29) is 23.2 Å². The zero-order valence-electron chi connectivity index (χ0n) is 11.0. The predicted octanol–water partition coefficient (Wildman–Crippen LogP) is 3.06. The largest absolute Gasteiger partial charge is 0.418 e. The van der Waals surface area contributed by atoms with E-state index < -0.39 is 17.6 Å². The van der Waals surface area contributed by atoms with Crippen LogP contribution in [0.3, 0.4) is 0 Å². The lowest BCUT2D eigenvalue weighted by atomic mass is 10.0. The van der Waals surface area contributed by atoms with E-state index in [9.17, 15) is 18.0 Å². The van der Waals surface area contributed by atoms with Crippen LogP contribution in [-0.4, -0.2) is 11.9 Å². The number of anilines is 1. The van der Waals surface area contributed by atoms with Gasteiger partial charge in [0.15, 0.2) is 0 Å². The van der Waals surface area contributed by atoms with Gasteiger partial charge in [-0.25, -0.2) is 0 Å². The van der Waals surface area contributed by atoms with Crippen molar-refractivity contribution >= 4 is 11.6 Å². The van der Waals surface area contributed by atoms with Crippen LogP contribution < -0.4 is 11.1 Å². The van der Waals surface area contributed by atoms with Gasteiger partial charge in [0.25, 0.3) is 5.91 Å². The highest BCUT2D eigenvalue weighted by atomic mass is 19.4. The number of rotatable bonds is 3. The van der Waals surface area contributed by atoms with Gasteiger partial charge in [-0.3, -0.25) is 4.79 Å². The third-order valence-corrected chi connectivity index (χ3v) is 2.98. The number of nitrogens with two attached hydrogens (primary N) is 1. The molecule has 0 aliphatic carbocycles. The Labute approximate surface area is 110 Å². The van der Waals surface area contributed by atoms with Crippen LogP contribution in [0.2, 0.25) is 0 Å². The molecule has 0 saturated heterocycles. The number of carbonyl (C=O) groups excluding carboxylic acids is 1. The highest BCUT2D eigenvalue weighted by Gasteiger charge is 2.33. The fourth-order valence-corrected chi connectivity index (χ4v) is 1.40. The summed E-state index contributed by atoms with van der Waals surface area (Å²) in [7, 11) is 0. The maximum atomic E-state index is 12.7. The van der Waals surface area contributed by atoms with Gasteiger partial charge in [0.05, 0.1) is 5.56 Å². The van der Waals surface area contributed by atoms with Crippen molar-refractivity contribution < 1.29 is 18.0 Å². The highest BCUT2D eigenvalue weighted by Crippen LogP contribution is 2.34. The molecular formula is C13H17F3N2O. The molecule has 3 N–H and O–H groups in total. The first-order valence-corrected chi connectivity index (χ1v) is 5.90. The minimum absolute atomic E-state index is 0.0472. The predicted molar refractivity (Wildman–Crippen MR) is 67.6 cm³/mol. The molecule has 1 rings (SSSR count). The topological polar surface area (TPSA) is 55.1 Å². The van der Waals surface area contributed by atoms with E-state index >= 15 is 0 Å². The summed E-state index contributed by atoms with van der Waals surface area (Å²) in [6.07, 6.45) is -4.57.